The molecule has 0 unspecified atom stereocenters. The van der Waals surface area contributed by atoms with Gasteiger partial charge in [0.15, 0.2) is 0 Å². The van der Waals surface area contributed by atoms with Gasteiger partial charge in [0.25, 0.3) is 10.0 Å². The quantitative estimate of drug-likeness (QED) is 0.601. The molecule has 0 bridgehead atoms. The van der Waals surface area contributed by atoms with Crippen LogP contribution < -0.4 is 4.74 Å². The Morgan fingerprint density at radius 1 is 1.35 bits per heavy atom. The summed E-state index contributed by atoms with van der Waals surface area (Å²) in [5.41, 5.74) is 0.837. The summed E-state index contributed by atoms with van der Waals surface area (Å²) in [5, 5.41) is 0. The predicted molar refractivity (Wildman–Crippen MR) is 67.1 cm³/mol. The number of benzene rings is 1. The molecule has 0 aromatic heterocycles. The summed E-state index contributed by atoms with van der Waals surface area (Å²) in [7, 11) is 1.11. The summed E-state index contributed by atoms with van der Waals surface area (Å²) in [4.78, 5) is 1.64. The first-order valence-corrected chi connectivity index (χ1v) is 6.42. The van der Waals surface area contributed by atoms with Crippen LogP contribution in [0.5, 0.6) is 5.75 Å². The Labute approximate surface area is 102 Å². The van der Waals surface area contributed by atoms with Gasteiger partial charge < -0.3 is 9.64 Å². The molecule has 0 aliphatic rings. The number of hydrogen-bond acceptors (Lipinski definition) is 3. The summed E-state index contributed by atoms with van der Waals surface area (Å²) in [6.07, 6.45) is 1.25. The maximum Gasteiger partial charge on any atom is 0.287 e. The zero-order valence-corrected chi connectivity index (χ0v) is 11.2. The van der Waals surface area contributed by atoms with Crippen molar-refractivity contribution in [2.75, 3.05) is 21.2 Å². The van der Waals surface area contributed by atoms with Crippen LogP contribution >= 0.6 is 0 Å². The first-order chi connectivity index (χ1) is 7.86. The van der Waals surface area contributed by atoms with Gasteiger partial charge in [0, 0.05) is 14.1 Å². The molecule has 0 fully saturated rings. The third kappa shape index (κ3) is 3.45. The van der Waals surface area contributed by atoms with Gasteiger partial charge in [-0.05, 0) is 24.6 Å². The lowest BCUT2D eigenvalue weighted by Crippen LogP contribution is -2.10. The molecule has 6 heteroatoms. The van der Waals surface area contributed by atoms with Gasteiger partial charge in [-0.15, -0.1) is 4.40 Å². The predicted octanol–water partition coefficient (Wildman–Crippen LogP) is 1.28. The third-order valence-electron chi connectivity index (χ3n) is 2.01. The van der Waals surface area contributed by atoms with Crippen molar-refractivity contribution in [2.45, 2.75) is 11.8 Å². The van der Waals surface area contributed by atoms with Crippen LogP contribution in [0.2, 0.25) is 0 Å². The van der Waals surface area contributed by atoms with Crippen LogP contribution in [0.1, 0.15) is 5.56 Å². The molecule has 0 atom stereocenters. The lowest BCUT2D eigenvalue weighted by Gasteiger charge is -2.08. The fraction of sp³-hybridized carbons (Fsp3) is 0.364. The summed E-state index contributed by atoms with van der Waals surface area (Å²) >= 11 is 0. The van der Waals surface area contributed by atoms with Crippen molar-refractivity contribution in [3.8, 4) is 5.75 Å². The molecular formula is C11H16N2O3S. The van der Waals surface area contributed by atoms with Crippen LogP contribution in [0.3, 0.4) is 0 Å². The largest absolute Gasteiger partial charge is 0.495 e. The highest BCUT2D eigenvalue weighted by Gasteiger charge is 2.18. The second kappa shape index (κ2) is 5.18. The molecule has 1 rings (SSSR count). The van der Waals surface area contributed by atoms with Crippen molar-refractivity contribution in [3.05, 3.63) is 23.8 Å². The van der Waals surface area contributed by atoms with Gasteiger partial charge in [0.2, 0.25) is 0 Å². The highest BCUT2D eigenvalue weighted by molar-refractivity contribution is 7.90. The molecule has 0 aliphatic heterocycles. The van der Waals surface area contributed by atoms with Gasteiger partial charge in [0.1, 0.15) is 17.0 Å². The van der Waals surface area contributed by atoms with E-state index in [4.69, 9.17) is 4.74 Å². The van der Waals surface area contributed by atoms with Crippen molar-refractivity contribution in [3.63, 3.8) is 0 Å². The Morgan fingerprint density at radius 2 is 2.00 bits per heavy atom. The number of nitrogens with zero attached hydrogens (tertiary/aromatic N) is 2. The molecule has 0 heterocycles. The lowest BCUT2D eigenvalue weighted by atomic mass is 10.2. The van der Waals surface area contributed by atoms with E-state index in [0.29, 0.717) is 5.75 Å². The van der Waals surface area contributed by atoms with Crippen LogP contribution in [-0.4, -0.2) is 40.9 Å². The summed E-state index contributed by atoms with van der Waals surface area (Å²) in [5.74, 6) is 0.298. The molecular weight excluding hydrogens is 240 g/mol. The highest BCUT2D eigenvalue weighted by Crippen LogP contribution is 2.26. The minimum absolute atomic E-state index is 0.0816. The molecule has 0 aliphatic carbocycles. The lowest BCUT2D eigenvalue weighted by molar-refractivity contribution is 0.402. The van der Waals surface area contributed by atoms with E-state index in [0.717, 1.165) is 5.56 Å². The summed E-state index contributed by atoms with van der Waals surface area (Å²) in [6.45, 7) is 1.81. The van der Waals surface area contributed by atoms with E-state index in [2.05, 4.69) is 4.40 Å². The van der Waals surface area contributed by atoms with E-state index in [1.54, 1.807) is 37.2 Å². The molecule has 0 saturated heterocycles. The maximum atomic E-state index is 12.0. The maximum absolute atomic E-state index is 12.0. The Balaban J connectivity index is 3.27. The first kappa shape index (κ1) is 13.5. The standard InChI is InChI=1S/C11H16N2O3S/c1-9-5-6-10(16-4)11(7-9)17(14,15)12-8-13(2)3/h5-8H,1-4H3. The number of hydrogen-bond donors (Lipinski definition) is 0. The van der Waals surface area contributed by atoms with Crippen LogP contribution in [0.4, 0.5) is 0 Å². The molecule has 1 aromatic carbocycles. The smallest absolute Gasteiger partial charge is 0.287 e. The molecule has 0 spiro atoms. The van der Waals surface area contributed by atoms with E-state index < -0.39 is 10.0 Å². The Hall–Kier alpha value is -1.56. The zero-order chi connectivity index (χ0) is 13.1. The van der Waals surface area contributed by atoms with Crippen molar-refractivity contribution in [1.29, 1.82) is 0 Å². The molecule has 0 saturated carbocycles. The van der Waals surface area contributed by atoms with Crippen LogP contribution in [-0.2, 0) is 10.0 Å². The molecule has 5 nitrogen and oxygen atoms in total. The fourth-order valence-electron chi connectivity index (χ4n) is 1.20. The third-order valence-corrected chi connectivity index (χ3v) is 3.26. The van der Waals surface area contributed by atoms with E-state index >= 15 is 0 Å². The highest BCUT2D eigenvalue weighted by atomic mass is 32.2. The monoisotopic (exact) mass is 256 g/mol. The second-order valence-electron chi connectivity index (χ2n) is 3.81. The second-order valence-corrected chi connectivity index (χ2v) is 5.41. The van der Waals surface area contributed by atoms with Crippen molar-refractivity contribution >= 4 is 16.4 Å². The van der Waals surface area contributed by atoms with Gasteiger partial charge in [-0.25, -0.2) is 0 Å². The summed E-state index contributed by atoms with van der Waals surface area (Å²) in [6, 6.07) is 4.95. The Morgan fingerprint density at radius 3 is 2.53 bits per heavy atom. The van der Waals surface area contributed by atoms with E-state index in [1.807, 2.05) is 6.92 Å². The van der Waals surface area contributed by atoms with Gasteiger partial charge in [0.05, 0.1) is 7.11 Å². The molecule has 1 aromatic rings. The van der Waals surface area contributed by atoms with Crippen LogP contribution in [0.15, 0.2) is 27.5 Å². The number of sulfonamides is 1. The molecule has 0 amide bonds. The normalized spacial score (nSPS) is 11.8. The number of aryl methyl sites for hydroxylation is 1. The fourth-order valence-corrected chi connectivity index (χ4v) is 2.37. The molecule has 17 heavy (non-hydrogen) atoms. The Kier molecular flexibility index (Phi) is 4.11. The minimum atomic E-state index is -3.72. The van der Waals surface area contributed by atoms with Crippen LogP contribution in [0, 0.1) is 6.92 Å². The first-order valence-electron chi connectivity index (χ1n) is 4.98. The Bertz CT molecular complexity index is 522. The van der Waals surface area contributed by atoms with Gasteiger partial charge in [-0.3, -0.25) is 0 Å². The van der Waals surface area contributed by atoms with Crippen molar-refractivity contribution in [2.24, 2.45) is 4.40 Å². The zero-order valence-electron chi connectivity index (χ0n) is 10.3. The SMILES string of the molecule is COc1ccc(C)cc1S(=O)(=O)N=CN(C)C. The van der Waals surface area contributed by atoms with Gasteiger partial charge >= 0.3 is 0 Å². The van der Waals surface area contributed by atoms with Gasteiger partial charge in [-0.2, -0.15) is 8.42 Å². The number of methoxy groups -OCH3 is 1. The topological polar surface area (TPSA) is 59.0 Å². The van der Waals surface area contributed by atoms with E-state index in [1.165, 1.54) is 13.4 Å². The van der Waals surface area contributed by atoms with Crippen molar-refractivity contribution in [1.82, 2.24) is 4.90 Å². The van der Waals surface area contributed by atoms with Crippen LogP contribution in [0.25, 0.3) is 0 Å². The summed E-state index contributed by atoms with van der Waals surface area (Å²) < 4.78 is 32.5. The van der Waals surface area contributed by atoms with Gasteiger partial charge in [-0.1, -0.05) is 6.07 Å². The average molecular weight is 256 g/mol. The van der Waals surface area contributed by atoms with Crippen molar-refractivity contribution < 1.29 is 13.2 Å². The van der Waals surface area contributed by atoms with E-state index in [9.17, 15) is 8.42 Å². The average Bonchev–Trinajstić information content (AvgIpc) is 2.26. The number of ether oxygens (including phenoxy) is 1. The van der Waals surface area contributed by atoms with E-state index in [-0.39, 0.29) is 4.90 Å². The minimum Gasteiger partial charge on any atom is -0.495 e. The molecule has 0 N–H and O–H groups in total. The molecule has 94 valence electrons. The number of rotatable bonds is 4. The molecule has 0 radical (unpaired) electrons.